The lowest BCUT2D eigenvalue weighted by molar-refractivity contribution is -0.147. The maximum Gasteiger partial charge on any atom is 0.333 e. The number of esters is 1. The summed E-state index contributed by atoms with van der Waals surface area (Å²) < 4.78 is 5.55. The van der Waals surface area contributed by atoms with Gasteiger partial charge in [0, 0.05) is 5.57 Å². The molecule has 0 spiro atoms. The van der Waals surface area contributed by atoms with Gasteiger partial charge in [-0.05, 0) is 37.5 Å². The molecule has 2 rings (SSSR count). The molecular weight excluding hydrogens is 212 g/mol. The third-order valence-electron chi connectivity index (χ3n) is 4.48. The predicted octanol–water partition coefficient (Wildman–Crippen LogP) is 3.85. The number of rotatable bonds is 3. The van der Waals surface area contributed by atoms with Crippen molar-refractivity contribution >= 4 is 5.97 Å². The molecular formula is C15H24O2. The lowest BCUT2D eigenvalue weighted by atomic mass is 9.70. The molecule has 0 amide bonds. The van der Waals surface area contributed by atoms with Crippen LogP contribution in [0.15, 0.2) is 12.2 Å². The fraction of sp³-hybridized carbons (Fsp3) is 0.800. The molecule has 2 heteroatoms. The van der Waals surface area contributed by atoms with Crippen LogP contribution in [0, 0.1) is 11.8 Å². The van der Waals surface area contributed by atoms with Gasteiger partial charge in [0.2, 0.25) is 0 Å². The first-order chi connectivity index (χ1) is 8.20. The number of carbonyl (C=O) groups excluding carboxylic acids is 1. The molecule has 0 saturated heterocycles. The first kappa shape index (κ1) is 12.7. The summed E-state index contributed by atoms with van der Waals surface area (Å²) in [5, 5.41) is 0. The number of fused-ring (bicyclic) bond motifs is 1. The Morgan fingerprint density at radius 1 is 1.18 bits per heavy atom. The van der Waals surface area contributed by atoms with Gasteiger partial charge in [0.25, 0.3) is 0 Å². The van der Waals surface area contributed by atoms with E-state index < -0.39 is 0 Å². The number of hydrogen-bond donors (Lipinski definition) is 0. The fourth-order valence-corrected chi connectivity index (χ4v) is 3.32. The van der Waals surface area contributed by atoms with Crippen molar-refractivity contribution in [2.45, 2.75) is 64.4 Å². The van der Waals surface area contributed by atoms with Crippen LogP contribution in [0.5, 0.6) is 0 Å². The second-order valence-corrected chi connectivity index (χ2v) is 5.60. The van der Waals surface area contributed by atoms with Crippen LogP contribution in [0.2, 0.25) is 0 Å². The van der Waals surface area contributed by atoms with E-state index in [1.165, 1.54) is 32.1 Å². The van der Waals surface area contributed by atoms with Crippen molar-refractivity contribution in [1.82, 2.24) is 0 Å². The van der Waals surface area contributed by atoms with E-state index in [2.05, 4.69) is 6.58 Å². The predicted molar refractivity (Wildman–Crippen MR) is 68.6 cm³/mol. The molecule has 0 aromatic carbocycles. The average molecular weight is 236 g/mol. The smallest absolute Gasteiger partial charge is 0.333 e. The summed E-state index contributed by atoms with van der Waals surface area (Å²) in [6.45, 7) is 5.69. The standard InChI is InChI=1S/C15H24O2/c1-3-11(2)15(16)17-14-9-8-12-6-4-5-7-13(12)10-14/h12-14H,2-10H2,1H3. The Labute approximate surface area is 104 Å². The normalized spacial score (nSPS) is 32.6. The third kappa shape index (κ3) is 3.11. The summed E-state index contributed by atoms with van der Waals surface area (Å²) in [6, 6.07) is 0. The molecule has 0 aliphatic heterocycles. The van der Waals surface area contributed by atoms with Gasteiger partial charge in [0.1, 0.15) is 6.10 Å². The second kappa shape index (κ2) is 5.70. The minimum atomic E-state index is -0.174. The highest BCUT2D eigenvalue weighted by molar-refractivity contribution is 5.87. The van der Waals surface area contributed by atoms with Crippen molar-refractivity contribution in [2.75, 3.05) is 0 Å². The lowest BCUT2D eigenvalue weighted by Gasteiger charge is -2.38. The van der Waals surface area contributed by atoms with Crippen molar-refractivity contribution in [1.29, 1.82) is 0 Å². The van der Waals surface area contributed by atoms with Crippen LogP contribution in [-0.2, 0) is 9.53 Å². The van der Waals surface area contributed by atoms with Gasteiger partial charge in [0.15, 0.2) is 0 Å². The summed E-state index contributed by atoms with van der Waals surface area (Å²) in [7, 11) is 0. The zero-order chi connectivity index (χ0) is 12.3. The molecule has 2 fully saturated rings. The maximum atomic E-state index is 11.7. The molecule has 0 aromatic heterocycles. The molecule has 3 atom stereocenters. The van der Waals surface area contributed by atoms with E-state index in [0.29, 0.717) is 12.0 Å². The van der Waals surface area contributed by atoms with Crippen LogP contribution < -0.4 is 0 Å². The Morgan fingerprint density at radius 3 is 2.59 bits per heavy atom. The zero-order valence-corrected chi connectivity index (χ0v) is 10.9. The minimum absolute atomic E-state index is 0.158. The van der Waals surface area contributed by atoms with E-state index >= 15 is 0 Å². The lowest BCUT2D eigenvalue weighted by Crippen LogP contribution is -2.33. The Hall–Kier alpha value is -0.790. The summed E-state index contributed by atoms with van der Waals surface area (Å²) in [4.78, 5) is 11.7. The highest BCUT2D eigenvalue weighted by Crippen LogP contribution is 2.41. The molecule has 17 heavy (non-hydrogen) atoms. The van der Waals surface area contributed by atoms with Gasteiger partial charge in [-0.25, -0.2) is 4.79 Å². The van der Waals surface area contributed by atoms with Gasteiger partial charge in [0.05, 0.1) is 0 Å². The van der Waals surface area contributed by atoms with Crippen molar-refractivity contribution < 1.29 is 9.53 Å². The first-order valence-electron chi connectivity index (χ1n) is 7.09. The van der Waals surface area contributed by atoms with E-state index in [1.54, 1.807) is 0 Å². The van der Waals surface area contributed by atoms with Gasteiger partial charge in [-0.2, -0.15) is 0 Å². The first-order valence-corrected chi connectivity index (χ1v) is 7.09. The largest absolute Gasteiger partial charge is 0.459 e. The third-order valence-corrected chi connectivity index (χ3v) is 4.48. The molecule has 0 heterocycles. The van der Waals surface area contributed by atoms with Gasteiger partial charge in [-0.15, -0.1) is 0 Å². The number of carbonyl (C=O) groups is 1. The molecule has 0 bridgehead atoms. The summed E-state index contributed by atoms with van der Waals surface area (Å²) in [6.07, 6.45) is 9.75. The topological polar surface area (TPSA) is 26.3 Å². The Morgan fingerprint density at radius 2 is 1.88 bits per heavy atom. The van der Waals surface area contributed by atoms with Crippen LogP contribution in [0.1, 0.15) is 58.3 Å². The Kier molecular flexibility index (Phi) is 4.25. The van der Waals surface area contributed by atoms with Crippen LogP contribution in [0.4, 0.5) is 0 Å². The number of hydrogen-bond acceptors (Lipinski definition) is 2. The van der Waals surface area contributed by atoms with E-state index in [4.69, 9.17) is 4.74 Å². The van der Waals surface area contributed by atoms with Crippen LogP contribution in [-0.4, -0.2) is 12.1 Å². The van der Waals surface area contributed by atoms with Crippen molar-refractivity contribution in [3.8, 4) is 0 Å². The average Bonchev–Trinajstić information content (AvgIpc) is 2.37. The van der Waals surface area contributed by atoms with E-state index in [0.717, 1.165) is 24.7 Å². The Bertz CT molecular complexity index is 295. The van der Waals surface area contributed by atoms with Crippen LogP contribution in [0.3, 0.4) is 0 Å². The highest BCUT2D eigenvalue weighted by Gasteiger charge is 2.33. The van der Waals surface area contributed by atoms with E-state index in [1.807, 2.05) is 6.92 Å². The molecule has 3 unspecified atom stereocenters. The molecule has 2 aliphatic rings. The second-order valence-electron chi connectivity index (χ2n) is 5.60. The zero-order valence-electron chi connectivity index (χ0n) is 10.9. The van der Waals surface area contributed by atoms with Crippen LogP contribution >= 0.6 is 0 Å². The Balaban J connectivity index is 1.83. The molecule has 0 N–H and O–H groups in total. The van der Waals surface area contributed by atoms with Crippen LogP contribution in [0.25, 0.3) is 0 Å². The van der Waals surface area contributed by atoms with E-state index in [-0.39, 0.29) is 12.1 Å². The molecule has 0 aromatic rings. The molecule has 2 saturated carbocycles. The molecule has 0 radical (unpaired) electrons. The summed E-state index contributed by atoms with van der Waals surface area (Å²) in [5.74, 6) is 1.55. The van der Waals surface area contributed by atoms with Gasteiger partial charge >= 0.3 is 5.97 Å². The fourth-order valence-electron chi connectivity index (χ4n) is 3.32. The maximum absolute atomic E-state index is 11.7. The summed E-state index contributed by atoms with van der Waals surface area (Å²) >= 11 is 0. The van der Waals surface area contributed by atoms with E-state index in [9.17, 15) is 4.79 Å². The van der Waals surface area contributed by atoms with Crippen molar-refractivity contribution in [3.05, 3.63) is 12.2 Å². The van der Waals surface area contributed by atoms with Gasteiger partial charge in [-0.3, -0.25) is 0 Å². The monoisotopic (exact) mass is 236 g/mol. The van der Waals surface area contributed by atoms with Crippen molar-refractivity contribution in [2.24, 2.45) is 11.8 Å². The minimum Gasteiger partial charge on any atom is -0.459 e. The quantitative estimate of drug-likeness (QED) is 0.549. The highest BCUT2D eigenvalue weighted by atomic mass is 16.5. The van der Waals surface area contributed by atoms with Gasteiger partial charge < -0.3 is 4.74 Å². The number of ether oxygens (including phenoxy) is 1. The SMILES string of the molecule is C=C(CC)C(=O)OC1CCC2CCCCC2C1. The molecule has 2 aliphatic carbocycles. The molecule has 96 valence electrons. The van der Waals surface area contributed by atoms with Gasteiger partial charge in [-0.1, -0.05) is 39.2 Å². The summed E-state index contributed by atoms with van der Waals surface area (Å²) in [5.41, 5.74) is 0.607. The molecule has 2 nitrogen and oxygen atoms in total. The van der Waals surface area contributed by atoms with Crippen molar-refractivity contribution in [3.63, 3.8) is 0 Å².